The van der Waals surface area contributed by atoms with Gasteiger partial charge < -0.3 is 15.3 Å². The molecule has 2 atom stereocenters. The van der Waals surface area contributed by atoms with Crippen LogP contribution >= 0.6 is 0 Å². The number of aliphatic hydroxyl groups is 2. The number of aryl methyl sites for hydroxylation is 1. The first-order valence-corrected chi connectivity index (χ1v) is 6.41. The highest BCUT2D eigenvalue weighted by molar-refractivity contribution is 5.38. The quantitative estimate of drug-likeness (QED) is 0.755. The number of aromatic hydroxyl groups is 1. The number of hydrogen-bond donors (Lipinski definition) is 3. The predicted molar refractivity (Wildman–Crippen MR) is 72.8 cm³/mol. The topological polar surface area (TPSA) is 60.7 Å². The maximum atomic E-state index is 9.87. The molecule has 0 aromatic heterocycles. The molecule has 0 heterocycles. The standard InChI is InChI=1S/C15H24O3/c1-10-5-7-12(13(16)9-10)11(2)6-8-14(17)15(3,4)18/h5,7,9,11,14,16-18H,6,8H2,1-4H3/t11-,14+/m0/s1. The lowest BCUT2D eigenvalue weighted by Gasteiger charge is -2.25. The van der Waals surface area contributed by atoms with Gasteiger partial charge in [-0.1, -0.05) is 19.1 Å². The van der Waals surface area contributed by atoms with Crippen molar-refractivity contribution in [1.29, 1.82) is 0 Å². The van der Waals surface area contributed by atoms with E-state index in [2.05, 4.69) is 0 Å². The molecule has 0 fully saturated rings. The molecule has 0 amide bonds. The summed E-state index contributed by atoms with van der Waals surface area (Å²) in [5, 5.41) is 29.3. The number of phenolic OH excluding ortho intramolecular Hbond substituents is 1. The van der Waals surface area contributed by atoms with Crippen LogP contribution in [-0.4, -0.2) is 27.0 Å². The molecule has 18 heavy (non-hydrogen) atoms. The highest BCUT2D eigenvalue weighted by atomic mass is 16.3. The predicted octanol–water partition coefficient (Wildman–Crippen LogP) is 2.72. The summed E-state index contributed by atoms with van der Waals surface area (Å²) in [6.07, 6.45) is 0.493. The molecule has 0 aliphatic heterocycles. The average Bonchev–Trinajstić information content (AvgIpc) is 2.24. The largest absolute Gasteiger partial charge is 0.508 e. The minimum Gasteiger partial charge on any atom is -0.508 e. The van der Waals surface area contributed by atoms with E-state index in [0.717, 1.165) is 17.5 Å². The number of benzene rings is 1. The summed E-state index contributed by atoms with van der Waals surface area (Å²) >= 11 is 0. The van der Waals surface area contributed by atoms with Gasteiger partial charge in [0.2, 0.25) is 0 Å². The van der Waals surface area contributed by atoms with E-state index in [1.165, 1.54) is 0 Å². The molecule has 0 saturated heterocycles. The highest BCUT2D eigenvalue weighted by Gasteiger charge is 2.25. The summed E-state index contributed by atoms with van der Waals surface area (Å²) in [6, 6.07) is 5.64. The van der Waals surface area contributed by atoms with Gasteiger partial charge in [0, 0.05) is 0 Å². The van der Waals surface area contributed by atoms with Crippen molar-refractivity contribution in [3.05, 3.63) is 29.3 Å². The fraction of sp³-hybridized carbons (Fsp3) is 0.600. The third kappa shape index (κ3) is 4.00. The van der Waals surface area contributed by atoms with Crippen LogP contribution in [0.1, 0.15) is 50.7 Å². The van der Waals surface area contributed by atoms with Crippen LogP contribution in [0.3, 0.4) is 0 Å². The molecule has 3 nitrogen and oxygen atoms in total. The zero-order valence-corrected chi connectivity index (χ0v) is 11.6. The third-order valence-electron chi connectivity index (χ3n) is 3.41. The van der Waals surface area contributed by atoms with Gasteiger partial charge in [0.25, 0.3) is 0 Å². The lowest BCUT2D eigenvalue weighted by atomic mass is 9.89. The summed E-state index contributed by atoms with van der Waals surface area (Å²) in [5.74, 6) is 0.461. The summed E-state index contributed by atoms with van der Waals surface area (Å²) in [5.41, 5.74) is 0.846. The molecule has 3 heteroatoms. The van der Waals surface area contributed by atoms with Crippen molar-refractivity contribution in [2.45, 2.75) is 58.2 Å². The molecule has 0 unspecified atom stereocenters. The van der Waals surface area contributed by atoms with E-state index >= 15 is 0 Å². The zero-order valence-electron chi connectivity index (χ0n) is 11.6. The molecule has 102 valence electrons. The molecule has 0 aliphatic rings. The van der Waals surface area contributed by atoms with Crippen LogP contribution in [0.4, 0.5) is 0 Å². The maximum absolute atomic E-state index is 9.87. The molecular formula is C15H24O3. The second-order valence-corrected chi connectivity index (χ2v) is 5.71. The first kappa shape index (κ1) is 15.0. The van der Waals surface area contributed by atoms with Crippen LogP contribution in [-0.2, 0) is 0 Å². The van der Waals surface area contributed by atoms with E-state index in [9.17, 15) is 15.3 Å². The molecule has 0 bridgehead atoms. The van der Waals surface area contributed by atoms with Gasteiger partial charge in [-0.05, 0) is 56.7 Å². The Balaban J connectivity index is 2.63. The van der Waals surface area contributed by atoms with Gasteiger partial charge in [-0.25, -0.2) is 0 Å². The normalized spacial score (nSPS) is 15.4. The lowest BCUT2D eigenvalue weighted by Crippen LogP contribution is -2.35. The van der Waals surface area contributed by atoms with Crippen LogP contribution in [0.5, 0.6) is 5.75 Å². The van der Waals surface area contributed by atoms with Crippen molar-refractivity contribution in [2.75, 3.05) is 0 Å². The summed E-state index contributed by atoms with van der Waals surface area (Å²) in [7, 11) is 0. The minimum atomic E-state index is -1.07. The SMILES string of the molecule is Cc1ccc([C@@H](C)CC[C@@H](O)C(C)(C)O)c(O)c1. The smallest absolute Gasteiger partial charge is 0.119 e. The van der Waals surface area contributed by atoms with Crippen molar-refractivity contribution >= 4 is 0 Å². The monoisotopic (exact) mass is 252 g/mol. The number of rotatable bonds is 5. The van der Waals surface area contributed by atoms with Crippen molar-refractivity contribution in [3.8, 4) is 5.75 Å². The van der Waals surface area contributed by atoms with E-state index in [1.54, 1.807) is 19.9 Å². The molecule has 1 aromatic carbocycles. The number of phenols is 1. The number of hydrogen-bond acceptors (Lipinski definition) is 3. The maximum Gasteiger partial charge on any atom is 0.119 e. The van der Waals surface area contributed by atoms with Crippen LogP contribution in [0.25, 0.3) is 0 Å². The lowest BCUT2D eigenvalue weighted by molar-refractivity contribution is -0.0525. The molecule has 0 spiro atoms. The van der Waals surface area contributed by atoms with Gasteiger partial charge in [0.15, 0.2) is 0 Å². The fourth-order valence-electron chi connectivity index (χ4n) is 1.99. The van der Waals surface area contributed by atoms with Gasteiger partial charge in [-0.3, -0.25) is 0 Å². The second-order valence-electron chi connectivity index (χ2n) is 5.71. The molecule has 3 N–H and O–H groups in total. The number of aliphatic hydroxyl groups excluding tert-OH is 1. The van der Waals surface area contributed by atoms with Gasteiger partial charge in [0.1, 0.15) is 5.75 Å². The Morgan fingerprint density at radius 1 is 1.22 bits per heavy atom. The molecule has 1 aromatic rings. The van der Waals surface area contributed by atoms with Crippen LogP contribution in [0.2, 0.25) is 0 Å². The highest BCUT2D eigenvalue weighted by Crippen LogP contribution is 2.30. The van der Waals surface area contributed by atoms with E-state index < -0.39 is 11.7 Å². The summed E-state index contributed by atoms with van der Waals surface area (Å²) < 4.78 is 0. The van der Waals surface area contributed by atoms with E-state index in [4.69, 9.17) is 0 Å². The fourth-order valence-corrected chi connectivity index (χ4v) is 1.99. The van der Waals surface area contributed by atoms with Gasteiger partial charge in [0.05, 0.1) is 11.7 Å². The first-order valence-electron chi connectivity index (χ1n) is 6.41. The Hall–Kier alpha value is -1.06. The molecule has 0 saturated carbocycles. The third-order valence-corrected chi connectivity index (χ3v) is 3.41. The van der Waals surface area contributed by atoms with Crippen LogP contribution in [0.15, 0.2) is 18.2 Å². The van der Waals surface area contributed by atoms with Crippen LogP contribution < -0.4 is 0 Å². The average molecular weight is 252 g/mol. The minimum absolute atomic E-state index is 0.155. The van der Waals surface area contributed by atoms with Gasteiger partial charge in [-0.15, -0.1) is 0 Å². The van der Waals surface area contributed by atoms with E-state index in [-0.39, 0.29) is 5.92 Å². The van der Waals surface area contributed by atoms with Crippen molar-refractivity contribution in [3.63, 3.8) is 0 Å². The molecule has 0 aliphatic carbocycles. The van der Waals surface area contributed by atoms with E-state index in [1.807, 2.05) is 26.0 Å². The van der Waals surface area contributed by atoms with Crippen molar-refractivity contribution in [2.24, 2.45) is 0 Å². The van der Waals surface area contributed by atoms with Crippen molar-refractivity contribution in [1.82, 2.24) is 0 Å². The Morgan fingerprint density at radius 3 is 2.33 bits per heavy atom. The zero-order chi connectivity index (χ0) is 13.9. The molecule has 1 rings (SSSR count). The first-order chi connectivity index (χ1) is 8.21. The second kappa shape index (κ2) is 5.72. The molecular weight excluding hydrogens is 228 g/mol. The Morgan fingerprint density at radius 2 is 1.83 bits per heavy atom. The van der Waals surface area contributed by atoms with Gasteiger partial charge in [-0.2, -0.15) is 0 Å². The van der Waals surface area contributed by atoms with E-state index in [0.29, 0.717) is 12.2 Å². The van der Waals surface area contributed by atoms with Gasteiger partial charge >= 0.3 is 0 Å². The Kier molecular flexibility index (Phi) is 4.77. The van der Waals surface area contributed by atoms with Crippen LogP contribution in [0, 0.1) is 6.92 Å². The molecule has 0 radical (unpaired) electrons. The Labute approximate surface area is 109 Å². The van der Waals surface area contributed by atoms with Crippen molar-refractivity contribution < 1.29 is 15.3 Å². The Bertz CT molecular complexity index is 393. The summed E-state index contributed by atoms with van der Waals surface area (Å²) in [6.45, 7) is 7.16. The summed E-state index contributed by atoms with van der Waals surface area (Å²) in [4.78, 5) is 0.